The average Bonchev–Trinajstić information content (AvgIpc) is 2.99. The normalized spacial score (nSPS) is 13.1. The molecular formula is C14H14N6O5. The van der Waals surface area contributed by atoms with Crippen LogP contribution in [0.4, 0.5) is 11.6 Å². The highest BCUT2D eigenvalue weighted by Gasteiger charge is 2.22. The lowest BCUT2D eigenvalue weighted by molar-refractivity contribution is -0.164. The first-order chi connectivity index (χ1) is 12.0. The molecule has 3 aromatic rings. The van der Waals surface area contributed by atoms with E-state index in [4.69, 9.17) is 4.74 Å². The molecule has 1 aromatic carbocycles. The average molecular weight is 346 g/mol. The Balaban J connectivity index is 2.02. The lowest BCUT2D eigenvalue weighted by Gasteiger charge is -2.18. The van der Waals surface area contributed by atoms with Crippen molar-refractivity contribution in [2.45, 2.75) is 12.5 Å². The number of imidazole rings is 1. The van der Waals surface area contributed by atoms with Crippen molar-refractivity contribution in [3.05, 3.63) is 40.9 Å². The van der Waals surface area contributed by atoms with Crippen LogP contribution in [0, 0.1) is 0 Å². The zero-order valence-corrected chi connectivity index (χ0v) is 12.9. The van der Waals surface area contributed by atoms with Gasteiger partial charge in [-0.3, -0.25) is 14.3 Å². The molecule has 2 heterocycles. The van der Waals surface area contributed by atoms with E-state index in [2.05, 4.69) is 25.2 Å². The quantitative estimate of drug-likeness (QED) is 0.391. The van der Waals surface area contributed by atoms with Crippen LogP contribution in [0.25, 0.3) is 11.2 Å². The SMILES string of the molecule is COC(C(O)O)n1cnc2c(=O)[nH]c(/N=N/c3ccc(O)cc3)nc21. The molecule has 0 amide bonds. The fourth-order valence-corrected chi connectivity index (χ4v) is 2.15. The molecule has 0 saturated carbocycles. The molecule has 0 aliphatic carbocycles. The summed E-state index contributed by atoms with van der Waals surface area (Å²) in [6.07, 6.45) is -1.83. The van der Waals surface area contributed by atoms with E-state index in [0.29, 0.717) is 5.69 Å². The molecule has 4 N–H and O–H groups in total. The first kappa shape index (κ1) is 16.7. The Morgan fingerprint density at radius 2 is 1.96 bits per heavy atom. The number of fused-ring (bicyclic) bond motifs is 1. The number of azo groups is 1. The minimum Gasteiger partial charge on any atom is -0.508 e. The maximum absolute atomic E-state index is 12.1. The molecule has 0 aliphatic heterocycles. The number of ether oxygens (including phenoxy) is 1. The van der Waals surface area contributed by atoms with Crippen molar-refractivity contribution in [1.29, 1.82) is 0 Å². The van der Waals surface area contributed by atoms with Gasteiger partial charge in [0.2, 0.25) is 0 Å². The first-order valence-electron chi connectivity index (χ1n) is 7.06. The minimum atomic E-state index is -1.84. The summed E-state index contributed by atoms with van der Waals surface area (Å²) >= 11 is 0. The molecule has 11 nitrogen and oxygen atoms in total. The highest BCUT2D eigenvalue weighted by molar-refractivity contribution is 5.70. The van der Waals surface area contributed by atoms with E-state index < -0.39 is 18.1 Å². The Kier molecular flexibility index (Phi) is 4.52. The van der Waals surface area contributed by atoms with E-state index >= 15 is 0 Å². The van der Waals surface area contributed by atoms with Crippen LogP contribution in [0.3, 0.4) is 0 Å². The van der Waals surface area contributed by atoms with Crippen molar-refractivity contribution in [3.63, 3.8) is 0 Å². The largest absolute Gasteiger partial charge is 0.508 e. The van der Waals surface area contributed by atoms with Crippen LogP contribution >= 0.6 is 0 Å². The van der Waals surface area contributed by atoms with Crippen LogP contribution in [0.15, 0.2) is 45.6 Å². The number of methoxy groups -OCH3 is 1. The van der Waals surface area contributed by atoms with Gasteiger partial charge in [0.15, 0.2) is 23.7 Å². The van der Waals surface area contributed by atoms with E-state index in [1.807, 2.05) is 0 Å². The summed E-state index contributed by atoms with van der Waals surface area (Å²) in [7, 11) is 1.27. The molecule has 130 valence electrons. The molecule has 11 heteroatoms. The standard InChI is InChI=1S/C14H14N6O5/c1-25-12(13(23)24)20-6-15-9-10(20)16-14(17-11(9)22)19-18-7-2-4-8(21)5-3-7/h2-6,12-13,21,23-24H,1H3,(H,16,17,22)/b19-18+. The van der Waals surface area contributed by atoms with Gasteiger partial charge in [-0.15, -0.1) is 10.2 Å². The van der Waals surface area contributed by atoms with Gasteiger partial charge in [0.05, 0.1) is 12.0 Å². The first-order valence-corrected chi connectivity index (χ1v) is 7.06. The number of H-pyrrole nitrogens is 1. The number of hydrogen-bond acceptors (Lipinski definition) is 9. The van der Waals surface area contributed by atoms with E-state index in [-0.39, 0.29) is 22.9 Å². The second kappa shape index (κ2) is 6.76. The second-order valence-corrected chi connectivity index (χ2v) is 4.97. The Morgan fingerprint density at radius 1 is 1.24 bits per heavy atom. The van der Waals surface area contributed by atoms with Crippen LogP contribution in [-0.2, 0) is 4.74 Å². The summed E-state index contributed by atoms with van der Waals surface area (Å²) < 4.78 is 6.18. The highest BCUT2D eigenvalue weighted by Crippen LogP contribution is 2.21. The van der Waals surface area contributed by atoms with E-state index in [9.17, 15) is 20.1 Å². The number of nitrogens with one attached hydrogen (secondary N) is 1. The third kappa shape index (κ3) is 3.38. The number of nitrogens with zero attached hydrogens (tertiary/aromatic N) is 5. The third-order valence-electron chi connectivity index (χ3n) is 3.30. The summed E-state index contributed by atoms with van der Waals surface area (Å²) in [5.74, 6) is -0.0152. The molecule has 0 saturated heterocycles. The van der Waals surface area contributed by atoms with Crippen LogP contribution in [0.5, 0.6) is 5.75 Å². The fourth-order valence-electron chi connectivity index (χ4n) is 2.15. The Morgan fingerprint density at radius 3 is 2.60 bits per heavy atom. The number of aromatic nitrogens is 4. The summed E-state index contributed by atoms with van der Waals surface area (Å²) in [4.78, 5) is 22.5. The van der Waals surface area contributed by atoms with Crippen LogP contribution in [0.2, 0.25) is 0 Å². The van der Waals surface area contributed by atoms with Crippen molar-refractivity contribution >= 4 is 22.8 Å². The molecule has 0 aliphatic rings. The predicted molar refractivity (Wildman–Crippen MR) is 84.7 cm³/mol. The summed E-state index contributed by atoms with van der Waals surface area (Å²) in [6, 6.07) is 5.94. The van der Waals surface area contributed by atoms with Crippen molar-refractivity contribution in [1.82, 2.24) is 19.5 Å². The smallest absolute Gasteiger partial charge is 0.280 e. The van der Waals surface area contributed by atoms with E-state index in [0.717, 1.165) is 0 Å². The Hall–Kier alpha value is -3.15. The number of hydrogen-bond donors (Lipinski definition) is 4. The molecule has 2 aromatic heterocycles. The van der Waals surface area contributed by atoms with Gasteiger partial charge >= 0.3 is 0 Å². The minimum absolute atomic E-state index is 0.00807. The fraction of sp³-hybridized carbons (Fsp3) is 0.214. The number of aromatic amines is 1. The molecule has 0 spiro atoms. The molecule has 25 heavy (non-hydrogen) atoms. The maximum atomic E-state index is 12.1. The number of aliphatic hydroxyl groups excluding tert-OH is 1. The lowest BCUT2D eigenvalue weighted by Crippen LogP contribution is -2.25. The summed E-state index contributed by atoms with van der Waals surface area (Å²) in [6.45, 7) is 0. The molecule has 3 rings (SSSR count). The van der Waals surface area contributed by atoms with Gasteiger partial charge in [-0.25, -0.2) is 4.98 Å². The number of aromatic hydroxyl groups is 1. The van der Waals surface area contributed by atoms with E-state index in [1.165, 1.54) is 42.3 Å². The van der Waals surface area contributed by atoms with Gasteiger partial charge in [-0.1, -0.05) is 0 Å². The zero-order valence-electron chi connectivity index (χ0n) is 12.9. The van der Waals surface area contributed by atoms with Gasteiger partial charge < -0.3 is 20.1 Å². The van der Waals surface area contributed by atoms with E-state index in [1.54, 1.807) is 0 Å². The van der Waals surface area contributed by atoms with Crippen molar-refractivity contribution in [2.75, 3.05) is 7.11 Å². The van der Waals surface area contributed by atoms with Crippen molar-refractivity contribution < 1.29 is 20.1 Å². The predicted octanol–water partition coefficient (Wildman–Crippen LogP) is 0.696. The van der Waals surface area contributed by atoms with Crippen molar-refractivity contribution in [2.24, 2.45) is 10.2 Å². The molecule has 1 unspecified atom stereocenters. The van der Waals surface area contributed by atoms with Gasteiger partial charge in [-0.2, -0.15) is 4.98 Å². The topological polar surface area (TPSA) is 158 Å². The number of phenols is 1. The Bertz CT molecular complexity index is 962. The van der Waals surface area contributed by atoms with Crippen molar-refractivity contribution in [3.8, 4) is 5.75 Å². The lowest BCUT2D eigenvalue weighted by atomic mass is 10.3. The molecule has 0 bridgehead atoms. The van der Waals surface area contributed by atoms with Gasteiger partial charge in [0, 0.05) is 7.11 Å². The van der Waals surface area contributed by atoms with Gasteiger partial charge in [-0.05, 0) is 24.3 Å². The Labute approximate surface area is 139 Å². The third-order valence-corrected chi connectivity index (χ3v) is 3.30. The monoisotopic (exact) mass is 346 g/mol. The second-order valence-electron chi connectivity index (χ2n) is 4.97. The molecule has 0 fully saturated rings. The number of phenolic OH excluding ortho intramolecular Hbond substituents is 1. The zero-order chi connectivity index (χ0) is 18.0. The number of aliphatic hydroxyl groups is 2. The maximum Gasteiger partial charge on any atom is 0.280 e. The van der Waals surface area contributed by atoms with Crippen LogP contribution in [-0.4, -0.2) is 48.2 Å². The highest BCUT2D eigenvalue weighted by atomic mass is 16.6. The summed E-state index contributed by atoms with van der Waals surface area (Å²) in [5.41, 5.74) is -0.0741. The molecule has 0 radical (unpaired) electrons. The van der Waals surface area contributed by atoms with Crippen LogP contribution < -0.4 is 5.56 Å². The number of benzene rings is 1. The van der Waals surface area contributed by atoms with Gasteiger partial charge in [0.25, 0.3) is 11.5 Å². The molecular weight excluding hydrogens is 332 g/mol. The molecule has 1 atom stereocenters. The van der Waals surface area contributed by atoms with Crippen LogP contribution in [0.1, 0.15) is 6.23 Å². The number of rotatable bonds is 5. The van der Waals surface area contributed by atoms with Gasteiger partial charge in [0.1, 0.15) is 5.75 Å². The summed E-state index contributed by atoms with van der Waals surface area (Å²) in [5, 5.41) is 35.7.